The minimum atomic E-state index is -0.00727. The molecule has 0 atom stereocenters. The zero-order valence-corrected chi connectivity index (χ0v) is 11.6. The lowest BCUT2D eigenvalue weighted by atomic mass is 10.1. The molecule has 1 fully saturated rings. The number of carbonyl (C=O) groups is 1. The minimum absolute atomic E-state index is 0.00727. The summed E-state index contributed by atoms with van der Waals surface area (Å²) in [6.07, 6.45) is 0. The quantitative estimate of drug-likeness (QED) is 0.828. The molecule has 5 heteroatoms. The number of anilines is 1. The average molecular weight is 263 g/mol. The normalized spacial score (nSPS) is 16.4. The molecule has 1 heterocycles. The van der Waals surface area contributed by atoms with Gasteiger partial charge in [0.15, 0.2) is 0 Å². The van der Waals surface area contributed by atoms with Crippen molar-refractivity contribution in [1.82, 2.24) is 9.80 Å². The Labute approximate surface area is 113 Å². The second-order valence-electron chi connectivity index (χ2n) is 4.65. The van der Waals surface area contributed by atoms with E-state index >= 15 is 0 Å². The fraction of sp³-hybridized carbons (Fsp3) is 0.500. The predicted octanol–water partition coefficient (Wildman–Crippen LogP) is 1.06. The zero-order valence-electron chi connectivity index (χ0n) is 11.6. The molecule has 0 unspecified atom stereocenters. The van der Waals surface area contributed by atoms with Crippen LogP contribution in [0.2, 0.25) is 0 Å². The molecule has 1 aromatic rings. The summed E-state index contributed by atoms with van der Waals surface area (Å²) in [6, 6.07) is 5.32. The van der Waals surface area contributed by atoms with Crippen LogP contribution in [0.15, 0.2) is 18.2 Å². The van der Waals surface area contributed by atoms with Crippen molar-refractivity contribution >= 4 is 11.6 Å². The van der Waals surface area contributed by atoms with E-state index in [1.165, 1.54) is 0 Å². The molecule has 1 aliphatic heterocycles. The molecule has 0 bridgehead atoms. The molecule has 1 aliphatic rings. The van der Waals surface area contributed by atoms with Gasteiger partial charge in [-0.05, 0) is 18.7 Å². The van der Waals surface area contributed by atoms with E-state index in [1.54, 1.807) is 25.3 Å². The number of carbonyl (C=O) groups excluding carboxylic acids is 1. The Morgan fingerprint density at radius 2 is 2.00 bits per heavy atom. The fourth-order valence-electron chi connectivity index (χ4n) is 2.35. The number of likely N-dealkylation sites (N-methyl/N-ethyl adjacent to an activating group) is 1. The van der Waals surface area contributed by atoms with Crippen LogP contribution < -0.4 is 10.5 Å². The van der Waals surface area contributed by atoms with E-state index in [9.17, 15) is 4.79 Å². The van der Waals surface area contributed by atoms with Gasteiger partial charge in [-0.25, -0.2) is 0 Å². The summed E-state index contributed by atoms with van der Waals surface area (Å²) in [7, 11) is 1.56. The highest BCUT2D eigenvalue weighted by atomic mass is 16.5. The number of nitrogens with zero attached hydrogens (tertiary/aromatic N) is 2. The van der Waals surface area contributed by atoms with Crippen LogP contribution in [0.25, 0.3) is 0 Å². The van der Waals surface area contributed by atoms with Crippen molar-refractivity contribution in [3.8, 4) is 5.75 Å². The Hall–Kier alpha value is -1.75. The summed E-state index contributed by atoms with van der Waals surface area (Å²) >= 11 is 0. The number of methoxy groups -OCH3 is 1. The summed E-state index contributed by atoms with van der Waals surface area (Å²) in [4.78, 5) is 16.6. The molecule has 104 valence electrons. The van der Waals surface area contributed by atoms with E-state index in [1.807, 2.05) is 4.90 Å². The lowest BCUT2D eigenvalue weighted by Gasteiger charge is -2.34. The molecule has 1 saturated heterocycles. The van der Waals surface area contributed by atoms with Crippen LogP contribution in [0.4, 0.5) is 5.69 Å². The van der Waals surface area contributed by atoms with Gasteiger partial charge in [-0.1, -0.05) is 13.0 Å². The van der Waals surface area contributed by atoms with Crippen molar-refractivity contribution in [1.29, 1.82) is 0 Å². The van der Waals surface area contributed by atoms with Crippen LogP contribution in [0.5, 0.6) is 5.75 Å². The summed E-state index contributed by atoms with van der Waals surface area (Å²) in [5.41, 5.74) is 6.93. The maximum atomic E-state index is 12.5. The van der Waals surface area contributed by atoms with Crippen LogP contribution in [-0.4, -0.2) is 55.5 Å². The van der Waals surface area contributed by atoms with Gasteiger partial charge >= 0.3 is 0 Å². The number of amides is 1. The summed E-state index contributed by atoms with van der Waals surface area (Å²) < 4.78 is 5.15. The van der Waals surface area contributed by atoms with Crippen LogP contribution in [-0.2, 0) is 0 Å². The third-order valence-electron chi connectivity index (χ3n) is 3.62. The van der Waals surface area contributed by atoms with Gasteiger partial charge in [0.25, 0.3) is 5.91 Å². The first-order chi connectivity index (χ1) is 9.17. The molecule has 0 spiro atoms. The number of nitrogen functional groups attached to an aromatic ring is 1. The second kappa shape index (κ2) is 5.93. The number of hydrogen-bond acceptors (Lipinski definition) is 4. The van der Waals surface area contributed by atoms with Gasteiger partial charge in [-0.15, -0.1) is 0 Å². The number of piperazine rings is 1. The number of ether oxygens (including phenoxy) is 1. The highest BCUT2D eigenvalue weighted by molar-refractivity contribution is 6.00. The Morgan fingerprint density at radius 1 is 1.32 bits per heavy atom. The molecule has 2 N–H and O–H groups in total. The monoisotopic (exact) mass is 263 g/mol. The van der Waals surface area contributed by atoms with Gasteiger partial charge in [0, 0.05) is 26.2 Å². The average Bonchev–Trinajstić information content (AvgIpc) is 2.47. The first-order valence-corrected chi connectivity index (χ1v) is 6.61. The van der Waals surface area contributed by atoms with Crippen LogP contribution in [0.1, 0.15) is 17.3 Å². The third-order valence-corrected chi connectivity index (χ3v) is 3.62. The molecular formula is C14H21N3O2. The molecule has 0 aliphatic carbocycles. The lowest BCUT2D eigenvalue weighted by molar-refractivity contribution is 0.0644. The van der Waals surface area contributed by atoms with Crippen LogP contribution in [0, 0.1) is 0 Å². The number of para-hydroxylation sites is 1. The van der Waals surface area contributed by atoms with E-state index < -0.39 is 0 Å². The lowest BCUT2D eigenvalue weighted by Crippen LogP contribution is -2.48. The van der Waals surface area contributed by atoms with Gasteiger partial charge in [0.2, 0.25) is 0 Å². The van der Waals surface area contributed by atoms with E-state index in [2.05, 4.69) is 11.8 Å². The Kier molecular flexibility index (Phi) is 4.27. The van der Waals surface area contributed by atoms with E-state index in [-0.39, 0.29) is 5.91 Å². The van der Waals surface area contributed by atoms with Crippen molar-refractivity contribution in [2.45, 2.75) is 6.92 Å². The third kappa shape index (κ3) is 2.81. The summed E-state index contributed by atoms with van der Waals surface area (Å²) in [5, 5.41) is 0. The highest BCUT2D eigenvalue weighted by Gasteiger charge is 2.23. The van der Waals surface area contributed by atoms with Gasteiger partial charge in [-0.2, -0.15) is 0 Å². The molecule has 1 aromatic carbocycles. The predicted molar refractivity (Wildman–Crippen MR) is 75.4 cm³/mol. The standard InChI is InChI=1S/C14H21N3O2/c1-3-16-7-9-17(10-8-16)14(18)11-5-4-6-12(19-2)13(11)15/h4-6H,3,7-10,15H2,1-2H3. The molecule has 19 heavy (non-hydrogen) atoms. The first kappa shape index (κ1) is 13.7. The molecule has 0 radical (unpaired) electrons. The van der Waals surface area contributed by atoms with Crippen molar-refractivity contribution in [3.63, 3.8) is 0 Å². The molecular weight excluding hydrogens is 242 g/mol. The number of benzene rings is 1. The van der Waals surface area contributed by atoms with Gasteiger partial charge < -0.3 is 20.3 Å². The van der Waals surface area contributed by atoms with Gasteiger partial charge in [0.05, 0.1) is 18.4 Å². The Morgan fingerprint density at radius 3 is 2.58 bits per heavy atom. The van der Waals surface area contributed by atoms with Gasteiger partial charge in [-0.3, -0.25) is 4.79 Å². The second-order valence-corrected chi connectivity index (χ2v) is 4.65. The number of hydrogen-bond donors (Lipinski definition) is 1. The van der Waals surface area contributed by atoms with Gasteiger partial charge in [0.1, 0.15) is 5.75 Å². The molecule has 1 amide bonds. The van der Waals surface area contributed by atoms with Crippen molar-refractivity contribution in [3.05, 3.63) is 23.8 Å². The molecule has 5 nitrogen and oxygen atoms in total. The molecule has 2 rings (SSSR count). The maximum absolute atomic E-state index is 12.5. The number of rotatable bonds is 3. The van der Waals surface area contributed by atoms with Crippen LogP contribution >= 0.6 is 0 Å². The Balaban J connectivity index is 2.12. The summed E-state index contributed by atoms with van der Waals surface area (Å²) in [6.45, 7) is 6.52. The SMILES string of the molecule is CCN1CCN(C(=O)c2cccc(OC)c2N)CC1. The minimum Gasteiger partial charge on any atom is -0.495 e. The van der Waals surface area contributed by atoms with E-state index in [0.29, 0.717) is 17.0 Å². The molecule has 0 saturated carbocycles. The van der Waals surface area contributed by atoms with E-state index in [4.69, 9.17) is 10.5 Å². The maximum Gasteiger partial charge on any atom is 0.256 e. The van der Waals surface area contributed by atoms with E-state index in [0.717, 1.165) is 32.7 Å². The van der Waals surface area contributed by atoms with Crippen molar-refractivity contribution in [2.24, 2.45) is 0 Å². The van der Waals surface area contributed by atoms with Crippen molar-refractivity contribution in [2.75, 3.05) is 45.6 Å². The first-order valence-electron chi connectivity index (χ1n) is 6.61. The molecule has 0 aromatic heterocycles. The topological polar surface area (TPSA) is 58.8 Å². The largest absolute Gasteiger partial charge is 0.495 e. The fourth-order valence-corrected chi connectivity index (χ4v) is 2.35. The smallest absolute Gasteiger partial charge is 0.256 e. The summed E-state index contributed by atoms with van der Waals surface area (Å²) in [5.74, 6) is 0.546. The zero-order chi connectivity index (χ0) is 13.8. The van der Waals surface area contributed by atoms with Crippen molar-refractivity contribution < 1.29 is 9.53 Å². The Bertz CT molecular complexity index is 454. The number of nitrogens with two attached hydrogens (primary N) is 1. The highest BCUT2D eigenvalue weighted by Crippen LogP contribution is 2.26. The van der Waals surface area contributed by atoms with Crippen LogP contribution in [0.3, 0.4) is 0 Å².